The van der Waals surface area contributed by atoms with E-state index in [1.807, 2.05) is 0 Å². The summed E-state index contributed by atoms with van der Waals surface area (Å²) in [6, 6.07) is 0. The summed E-state index contributed by atoms with van der Waals surface area (Å²) in [5.41, 5.74) is 0. The van der Waals surface area contributed by atoms with E-state index in [-0.39, 0.29) is 0 Å². The predicted molar refractivity (Wildman–Crippen MR) is 65.2 cm³/mol. The van der Waals surface area contributed by atoms with E-state index in [0.29, 0.717) is 5.91 Å². The Labute approximate surface area is 98.6 Å². The Morgan fingerprint density at radius 2 is 2.00 bits per heavy atom. The zero-order chi connectivity index (χ0) is 11.4. The lowest BCUT2D eigenvalue weighted by Gasteiger charge is -2.34. The van der Waals surface area contributed by atoms with Crippen LogP contribution in [-0.4, -0.2) is 37.0 Å². The van der Waals surface area contributed by atoms with Gasteiger partial charge in [0.05, 0.1) is 0 Å². The van der Waals surface area contributed by atoms with Crippen molar-refractivity contribution in [3.63, 3.8) is 0 Å². The summed E-state index contributed by atoms with van der Waals surface area (Å²) in [6.07, 6.45) is 5.50. The Hall–Kier alpha value is -0.570. The van der Waals surface area contributed by atoms with Crippen molar-refractivity contribution in [3.05, 3.63) is 0 Å². The van der Waals surface area contributed by atoms with Crippen molar-refractivity contribution < 1.29 is 4.79 Å². The number of nitrogens with zero attached hydrogens (tertiary/aromatic N) is 1. The van der Waals surface area contributed by atoms with E-state index in [9.17, 15) is 4.79 Å². The third-order valence-electron chi connectivity index (χ3n) is 4.12. The molecule has 2 aliphatic rings. The van der Waals surface area contributed by atoms with Crippen LogP contribution in [0.1, 0.15) is 39.0 Å². The van der Waals surface area contributed by atoms with Crippen LogP contribution in [0.2, 0.25) is 0 Å². The monoisotopic (exact) mass is 224 g/mol. The van der Waals surface area contributed by atoms with Crippen LogP contribution in [0, 0.1) is 11.8 Å². The first-order valence-corrected chi connectivity index (χ1v) is 6.79. The largest absolute Gasteiger partial charge is 0.343 e. The number of carbonyl (C=O) groups excluding carboxylic acids is 1. The summed E-state index contributed by atoms with van der Waals surface area (Å²) in [5, 5.41) is 3.44. The van der Waals surface area contributed by atoms with Gasteiger partial charge in [-0.3, -0.25) is 4.79 Å². The fraction of sp³-hybridized carbons (Fsp3) is 0.923. The molecule has 16 heavy (non-hydrogen) atoms. The van der Waals surface area contributed by atoms with E-state index in [1.165, 1.54) is 32.4 Å². The Bertz CT molecular complexity index is 228. The maximum absolute atomic E-state index is 11.7. The molecule has 3 heteroatoms. The second kappa shape index (κ2) is 5.67. The highest BCUT2D eigenvalue weighted by atomic mass is 16.2. The van der Waals surface area contributed by atoms with Crippen LogP contribution in [0.4, 0.5) is 0 Å². The number of nitrogens with one attached hydrogen (secondary N) is 1. The van der Waals surface area contributed by atoms with Crippen LogP contribution < -0.4 is 5.32 Å². The highest BCUT2D eigenvalue weighted by molar-refractivity contribution is 5.76. The van der Waals surface area contributed by atoms with Crippen LogP contribution in [-0.2, 0) is 4.79 Å². The van der Waals surface area contributed by atoms with Crippen LogP contribution in [0.15, 0.2) is 0 Å². The molecule has 0 spiro atoms. The minimum Gasteiger partial charge on any atom is -0.343 e. The summed E-state index contributed by atoms with van der Waals surface area (Å²) in [4.78, 5) is 13.8. The lowest BCUT2D eigenvalue weighted by atomic mass is 9.84. The van der Waals surface area contributed by atoms with E-state index in [4.69, 9.17) is 0 Å². The van der Waals surface area contributed by atoms with Crippen molar-refractivity contribution in [1.82, 2.24) is 10.2 Å². The number of amides is 1. The van der Waals surface area contributed by atoms with Crippen LogP contribution in [0.5, 0.6) is 0 Å². The normalized spacial score (nSPS) is 27.3. The van der Waals surface area contributed by atoms with Crippen LogP contribution in [0.25, 0.3) is 0 Å². The molecule has 2 aliphatic heterocycles. The highest BCUT2D eigenvalue weighted by Crippen LogP contribution is 2.29. The van der Waals surface area contributed by atoms with Crippen molar-refractivity contribution in [2.24, 2.45) is 11.8 Å². The lowest BCUT2D eigenvalue weighted by molar-refractivity contribution is -0.132. The van der Waals surface area contributed by atoms with E-state index < -0.39 is 0 Å². The molecular weight excluding hydrogens is 200 g/mol. The number of rotatable bonds is 3. The zero-order valence-corrected chi connectivity index (χ0v) is 10.4. The van der Waals surface area contributed by atoms with Gasteiger partial charge >= 0.3 is 0 Å². The Balaban J connectivity index is 1.75. The Morgan fingerprint density at radius 3 is 2.56 bits per heavy atom. The molecule has 1 atom stereocenters. The van der Waals surface area contributed by atoms with Gasteiger partial charge in [-0.2, -0.15) is 0 Å². The molecule has 3 nitrogen and oxygen atoms in total. The first-order valence-electron chi connectivity index (χ1n) is 6.79. The fourth-order valence-corrected chi connectivity index (χ4v) is 3.07. The smallest absolute Gasteiger partial charge is 0.222 e. The Kier molecular flexibility index (Phi) is 4.22. The molecule has 0 aromatic carbocycles. The van der Waals surface area contributed by atoms with Gasteiger partial charge in [-0.05, 0) is 50.6 Å². The molecule has 0 aromatic rings. The molecular formula is C13H24N2O. The average Bonchev–Trinajstić information content (AvgIpc) is 2.83. The maximum Gasteiger partial charge on any atom is 0.222 e. The topological polar surface area (TPSA) is 32.3 Å². The molecule has 0 aromatic heterocycles. The van der Waals surface area contributed by atoms with E-state index in [2.05, 4.69) is 17.1 Å². The zero-order valence-electron chi connectivity index (χ0n) is 10.4. The number of hydrogen-bond acceptors (Lipinski definition) is 2. The third-order valence-corrected chi connectivity index (χ3v) is 4.12. The van der Waals surface area contributed by atoms with Gasteiger partial charge in [-0.25, -0.2) is 0 Å². The predicted octanol–water partition coefficient (Wildman–Crippen LogP) is 1.63. The highest BCUT2D eigenvalue weighted by Gasteiger charge is 2.29. The van der Waals surface area contributed by atoms with Gasteiger partial charge in [0.25, 0.3) is 0 Å². The summed E-state index contributed by atoms with van der Waals surface area (Å²) in [6.45, 7) is 6.47. The van der Waals surface area contributed by atoms with Gasteiger partial charge in [-0.1, -0.05) is 6.92 Å². The number of hydrogen-bond donors (Lipinski definition) is 1. The second-order valence-electron chi connectivity index (χ2n) is 5.22. The van der Waals surface area contributed by atoms with Gasteiger partial charge in [0.2, 0.25) is 5.91 Å². The fourth-order valence-electron chi connectivity index (χ4n) is 3.07. The van der Waals surface area contributed by atoms with Gasteiger partial charge in [-0.15, -0.1) is 0 Å². The summed E-state index contributed by atoms with van der Waals surface area (Å²) in [7, 11) is 0. The van der Waals surface area contributed by atoms with E-state index >= 15 is 0 Å². The molecule has 2 saturated heterocycles. The van der Waals surface area contributed by atoms with Crippen molar-refractivity contribution in [2.45, 2.75) is 39.0 Å². The van der Waals surface area contributed by atoms with Crippen LogP contribution in [0.3, 0.4) is 0 Å². The van der Waals surface area contributed by atoms with Crippen molar-refractivity contribution in [2.75, 3.05) is 26.2 Å². The molecule has 2 rings (SSSR count). The molecule has 2 heterocycles. The molecule has 1 unspecified atom stereocenters. The first-order chi connectivity index (χ1) is 7.81. The quantitative estimate of drug-likeness (QED) is 0.790. The molecule has 0 bridgehead atoms. The number of piperidine rings is 1. The van der Waals surface area contributed by atoms with Gasteiger partial charge < -0.3 is 10.2 Å². The molecule has 2 fully saturated rings. The Morgan fingerprint density at radius 1 is 1.25 bits per heavy atom. The molecule has 0 aliphatic carbocycles. The molecule has 1 N–H and O–H groups in total. The molecule has 1 amide bonds. The summed E-state index contributed by atoms with van der Waals surface area (Å²) < 4.78 is 0. The maximum atomic E-state index is 11.7. The first kappa shape index (κ1) is 11.9. The van der Waals surface area contributed by atoms with Gasteiger partial charge in [0, 0.05) is 19.5 Å². The standard InChI is InChI=1S/C13H24N2O/c1-2-3-13(16)15-8-5-11(6-9-15)12-4-7-14-10-12/h11-12,14H,2-10H2,1H3. The van der Waals surface area contributed by atoms with Crippen molar-refractivity contribution in [1.29, 1.82) is 0 Å². The number of carbonyl (C=O) groups is 1. The SMILES string of the molecule is CCCC(=O)N1CCC(C2CCNC2)CC1. The minimum absolute atomic E-state index is 0.366. The molecule has 0 saturated carbocycles. The minimum atomic E-state index is 0.366. The lowest BCUT2D eigenvalue weighted by Crippen LogP contribution is -2.40. The third kappa shape index (κ3) is 2.76. The summed E-state index contributed by atoms with van der Waals surface area (Å²) >= 11 is 0. The van der Waals surface area contributed by atoms with Gasteiger partial charge in [0.1, 0.15) is 0 Å². The molecule has 92 valence electrons. The molecule has 0 radical (unpaired) electrons. The van der Waals surface area contributed by atoms with Crippen LogP contribution >= 0.6 is 0 Å². The summed E-state index contributed by atoms with van der Waals surface area (Å²) in [5.74, 6) is 2.11. The van der Waals surface area contributed by atoms with Gasteiger partial charge in [0.15, 0.2) is 0 Å². The van der Waals surface area contributed by atoms with Crippen molar-refractivity contribution >= 4 is 5.91 Å². The van der Waals surface area contributed by atoms with Crippen molar-refractivity contribution in [3.8, 4) is 0 Å². The number of likely N-dealkylation sites (tertiary alicyclic amines) is 1. The second-order valence-corrected chi connectivity index (χ2v) is 5.22. The van der Waals surface area contributed by atoms with E-state index in [0.717, 1.165) is 37.8 Å². The van der Waals surface area contributed by atoms with E-state index in [1.54, 1.807) is 0 Å². The average molecular weight is 224 g/mol.